The second-order valence-corrected chi connectivity index (χ2v) is 7.24. The molecule has 0 heterocycles. The Labute approximate surface area is 114 Å². The van der Waals surface area contributed by atoms with Crippen LogP contribution in [0.5, 0.6) is 0 Å². The highest BCUT2D eigenvalue weighted by Crippen LogP contribution is 2.65. The fourth-order valence-electron chi connectivity index (χ4n) is 5.35. The van der Waals surface area contributed by atoms with Gasteiger partial charge in [-0.2, -0.15) is 5.26 Å². The van der Waals surface area contributed by atoms with Crippen molar-refractivity contribution < 1.29 is 4.79 Å². The Morgan fingerprint density at radius 2 is 1.74 bits per heavy atom. The first-order chi connectivity index (χ1) is 9.25. The first-order valence-corrected chi connectivity index (χ1v) is 7.97. The highest BCUT2D eigenvalue weighted by atomic mass is 16.2. The minimum Gasteiger partial charge on any atom is -0.351 e. The minimum absolute atomic E-state index is 0.0495. The zero-order chi connectivity index (χ0) is 13.0. The Balaban J connectivity index is 1.44. The van der Waals surface area contributed by atoms with Gasteiger partial charge in [-0.3, -0.25) is 4.79 Å². The van der Waals surface area contributed by atoms with Gasteiger partial charge in [-0.1, -0.05) is 19.3 Å². The lowest BCUT2D eigenvalue weighted by Gasteiger charge is -2.29. The van der Waals surface area contributed by atoms with Gasteiger partial charge >= 0.3 is 0 Å². The van der Waals surface area contributed by atoms with Crippen LogP contribution in [0.25, 0.3) is 0 Å². The van der Waals surface area contributed by atoms with Gasteiger partial charge in [0.1, 0.15) is 5.41 Å². The van der Waals surface area contributed by atoms with Crippen molar-refractivity contribution >= 4 is 5.91 Å². The van der Waals surface area contributed by atoms with Crippen molar-refractivity contribution in [3.63, 3.8) is 0 Å². The Morgan fingerprint density at radius 1 is 1.11 bits per heavy atom. The molecule has 0 aromatic carbocycles. The van der Waals surface area contributed by atoms with Crippen LogP contribution in [0.2, 0.25) is 0 Å². The zero-order valence-electron chi connectivity index (χ0n) is 11.4. The molecule has 4 atom stereocenters. The minimum atomic E-state index is -0.700. The molecule has 0 spiro atoms. The highest BCUT2D eigenvalue weighted by molar-refractivity contribution is 5.86. The molecule has 4 unspecified atom stereocenters. The molecule has 1 amide bonds. The number of nitrogens with one attached hydrogen (secondary N) is 1. The second-order valence-electron chi connectivity index (χ2n) is 7.24. The van der Waals surface area contributed by atoms with Crippen molar-refractivity contribution in [2.75, 3.05) is 0 Å². The molecule has 4 aliphatic rings. The van der Waals surface area contributed by atoms with E-state index in [1.165, 1.54) is 25.7 Å². The van der Waals surface area contributed by atoms with Crippen LogP contribution in [-0.2, 0) is 4.79 Å². The van der Waals surface area contributed by atoms with E-state index in [1.54, 1.807) is 0 Å². The summed E-state index contributed by atoms with van der Waals surface area (Å²) in [7, 11) is 0. The van der Waals surface area contributed by atoms with E-state index in [-0.39, 0.29) is 5.91 Å². The number of nitriles is 1. The lowest BCUT2D eigenvalue weighted by atomic mass is 9.74. The maximum absolute atomic E-state index is 12.5. The van der Waals surface area contributed by atoms with Gasteiger partial charge in [0.05, 0.1) is 6.07 Å². The molecule has 0 aromatic heterocycles. The van der Waals surface area contributed by atoms with Gasteiger partial charge in [-0.15, -0.1) is 0 Å². The smallest absolute Gasteiger partial charge is 0.240 e. The van der Waals surface area contributed by atoms with E-state index < -0.39 is 5.41 Å². The molecular formula is C16H22N2O. The molecule has 2 bridgehead atoms. The van der Waals surface area contributed by atoms with Crippen molar-refractivity contribution in [3.8, 4) is 6.07 Å². The molecule has 4 aliphatic carbocycles. The van der Waals surface area contributed by atoms with Crippen LogP contribution >= 0.6 is 0 Å². The molecule has 0 aliphatic heterocycles. The molecule has 4 saturated carbocycles. The maximum atomic E-state index is 12.5. The average molecular weight is 258 g/mol. The highest BCUT2D eigenvalue weighted by Gasteiger charge is 2.65. The normalized spacial score (nSPS) is 45.3. The van der Waals surface area contributed by atoms with Crippen LogP contribution in [0, 0.1) is 40.4 Å². The Hall–Kier alpha value is -1.04. The zero-order valence-corrected chi connectivity index (χ0v) is 11.4. The number of nitrogens with zero attached hydrogens (tertiary/aromatic N) is 1. The van der Waals surface area contributed by atoms with Gasteiger partial charge < -0.3 is 5.32 Å². The summed E-state index contributed by atoms with van der Waals surface area (Å²) < 4.78 is 0. The van der Waals surface area contributed by atoms with Gasteiger partial charge in [-0.25, -0.2) is 0 Å². The van der Waals surface area contributed by atoms with Gasteiger partial charge in [0, 0.05) is 6.04 Å². The van der Waals surface area contributed by atoms with E-state index in [1.807, 2.05) is 0 Å². The third-order valence-corrected chi connectivity index (χ3v) is 6.39. The first-order valence-electron chi connectivity index (χ1n) is 7.97. The molecule has 0 aromatic rings. The second kappa shape index (κ2) is 3.98. The third kappa shape index (κ3) is 1.58. The summed E-state index contributed by atoms with van der Waals surface area (Å²) in [5, 5.41) is 12.7. The van der Waals surface area contributed by atoms with Gasteiger partial charge in [-0.05, 0) is 55.8 Å². The lowest BCUT2D eigenvalue weighted by Crippen LogP contribution is -2.43. The summed E-state index contributed by atoms with van der Waals surface area (Å²) in [6, 6.07) is 2.76. The summed E-state index contributed by atoms with van der Waals surface area (Å²) in [5.74, 6) is 3.34. The maximum Gasteiger partial charge on any atom is 0.240 e. The third-order valence-electron chi connectivity index (χ3n) is 6.39. The molecule has 4 fully saturated rings. The van der Waals surface area contributed by atoms with Crippen LogP contribution in [0.15, 0.2) is 0 Å². The summed E-state index contributed by atoms with van der Waals surface area (Å²) in [5.41, 5.74) is -0.700. The van der Waals surface area contributed by atoms with Crippen LogP contribution in [0.3, 0.4) is 0 Å². The van der Waals surface area contributed by atoms with Gasteiger partial charge in [0.2, 0.25) is 5.91 Å². The molecule has 0 radical (unpaired) electrons. The number of carbonyl (C=O) groups excluding carboxylic acids is 1. The van der Waals surface area contributed by atoms with E-state index in [0.717, 1.165) is 49.4 Å². The van der Waals surface area contributed by atoms with E-state index in [4.69, 9.17) is 0 Å². The van der Waals surface area contributed by atoms with Crippen molar-refractivity contribution in [3.05, 3.63) is 0 Å². The van der Waals surface area contributed by atoms with Crippen LogP contribution in [0.4, 0.5) is 0 Å². The quantitative estimate of drug-likeness (QED) is 0.827. The van der Waals surface area contributed by atoms with E-state index >= 15 is 0 Å². The summed E-state index contributed by atoms with van der Waals surface area (Å²) in [6.45, 7) is 0. The molecule has 3 heteroatoms. The molecule has 1 N–H and O–H groups in total. The first kappa shape index (κ1) is 11.8. The Kier molecular flexibility index (Phi) is 2.46. The number of hydrogen-bond acceptors (Lipinski definition) is 2. The van der Waals surface area contributed by atoms with E-state index in [9.17, 15) is 10.1 Å². The topological polar surface area (TPSA) is 52.9 Å². The summed E-state index contributed by atoms with van der Waals surface area (Å²) in [4.78, 5) is 12.5. The predicted octanol–water partition coefficient (Wildman–Crippen LogP) is 2.62. The van der Waals surface area contributed by atoms with Crippen molar-refractivity contribution in [1.82, 2.24) is 5.32 Å². The summed E-state index contributed by atoms with van der Waals surface area (Å²) >= 11 is 0. The summed E-state index contributed by atoms with van der Waals surface area (Å²) in [6.07, 6.45) is 8.94. The molecule has 19 heavy (non-hydrogen) atoms. The lowest BCUT2D eigenvalue weighted by molar-refractivity contribution is -0.130. The monoisotopic (exact) mass is 258 g/mol. The van der Waals surface area contributed by atoms with E-state index in [2.05, 4.69) is 11.4 Å². The fraction of sp³-hybridized carbons (Fsp3) is 0.875. The molecule has 102 valence electrons. The molecule has 0 saturated heterocycles. The largest absolute Gasteiger partial charge is 0.351 e. The number of hydrogen-bond donors (Lipinski definition) is 1. The van der Waals surface area contributed by atoms with Gasteiger partial charge in [0.25, 0.3) is 0 Å². The fourth-order valence-corrected chi connectivity index (χ4v) is 5.35. The van der Waals surface area contributed by atoms with Crippen LogP contribution < -0.4 is 5.32 Å². The number of fused-ring (bicyclic) bond motifs is 5. The average Bonchev–Trinajstić information content (AvgIpc) is 2.85. The van der Waals surface area contributed by atoms with Crippen molar-refractivity contribution in [1.29, 1.82) is 5.26 Å². The van der Waals surface area contributed by atoms with Crippen LogP contribution in [0.1, 0.15) is 51.4 Å². The SMILES string of the molecule is N#CC1(C(=O)NC2C3C4CCC(C4)C23)CCCCC1. The molecular weight excluding hydrogens is 236 g/mol. The number of amides is 1. The Morgan fingerprint density at radius 3 is 2.32 bits per heavy atom. The van der Waals surface area contributed by atoms with Gasteiger partial charge in [0.15, 0.2) is 0 Å². The number of carbonyl (C=O) groups is 1. The number of rotatable bonds is 2. The molecule has 3 nitrogen and oxygen atoms in total. The Bertz CT molecular complexity index is 430. The van der Waals surface area contributed by atoms with Crippen molar-refractivity contribution in [2.45, 2.75) is 57.4 Å². The standard InChI is InChI=1S/C16H22N2O/c17-9-16(6-2-1-3-7-16)15(19)18-14-12-10-4-5-11(8-10)13(12)14/h10-14H,1-8H2,(H,18,19). The van der Waals surface area contributed by atoms with E-state index in [0.29, 0.717) is 6.04 Å². The molecule has 4 rings (SSSR count). The van der Waals surface area contributed by atoms with Crippen molar-refractivity contribution in [2.24, 2.45) is 29.1 Å². The van der Waals surface area contributed by atoms with Crippen LogP contribution in [-0.4, -0.2) is 11.9 Å². The predicted molar refractivity (Wildman–Crippen MR) is 70.9 cm³/mol.